The number of para-hydroxylation sites is 2. The number of aromatic nitrogens is 1. The molecule has 0 unspecified atom stereocenters. The molecular formula is C29H19N3O6S. The van der Waals surface area contributed by atoms with Crippen molar-refractivity contribution in [2.75, 3.05) is 0 Å². The molecule has 1 N–H and O–H groups in total. The number of hydrogen-bond acceptors (Lipinski definition) is 10. The molecule has 0 aliphatic heterocycles. The maximum atomic E-state index is 13.1. The number of aldehydes is 1. The number of azo groups is 1. The molecular weight excluding hydrogens is 518 g/mol. The number of phenols is 1. The third kappa shape index (κ3) is 5.41. The first kappa shape index (κ1) is 25.4. The molecule has 0 saturated carbocycles. The van der Waals surface area contributed by atoms with E-state index in [2.05, 4.69) is 14.6 Å². The molecule has 1 heterocycles. The molecule has 0 aliphatic carbocycles. The van der Waals surface area contributed by atoms with E-state index >= 15 is 0 Å². The van der Waals surface area contributed by atoms with Gasteiger partial charge in [0.1, 0.15) is 22.7 Å². The number of rotatable bonds is 7. The second-order valence-electron chi connectivity index (χ2n) is 8.27. The predicted octanol–water partition coefficient (Wildman–Crippen LogP) is 6.98. The highest BCUT2D eigenvalue weighted by atomic mass is 32.1. The minimum Gasteiger partial charge on any atom is -0.505 e. The quantitative estimate of drug-likeness (QED) is 0.103. The van der Waals surface area contributed by atoms with Crippen LogP contribution >= 0.6 is 11.5 Å². The van der Waals surface area contributed by atoms with Crippen LogP contribution < -0.4 is 9.47 Å². The number of hydrogen-bond donors (Lipinski definition) is 1. The van der Waals surface area contributed by atoms with Crippen LogP contribution in [0.15, 0.2) is 95.2 Å². The Labute approximate surface area is 226 Å². The van der Waals surface area contributed by atoms with Crippen LogP contribution in [0, 0.1) is 6.92 Å². The summed E-state index contributed by atoms with van der Waals surface area (Å²) in [4.78, 5) is 37.3. The molecule has 0 fully saturated rings. The fourth-order valence-corrected chi connectivity index (χ4v) is 4.43. The first-order valence-electron chi connectivity index (χ1n) is 11.6. The molecule has 192 valence electrons. The summed E-state index contributed by atoms with van der Waals surface area (Å²) >= 11 is 0.975. The zero-order chi connectivity index (χ0) is 27.4. The number of aromatic hydroxyl groups is 1. The Morgan fingerprint density at radius 2 is 1.51 bits per heavy atom. The van der Waals surface area contributed by atoms with Gasteiger partial charge in [0.25, 0.3) is 0 Å². The molecule has 0 radical (unpaired) electrons. The summed E-state index contributed by atoms with van der Waals surface area (Å²) in [6.07, 6.45) is 0.628. The lowest BCUT2D eigenvalue weighted by Crippen LogP contribution is -2.10. The van der Waals surface area contributed by atoms with Crippen LogP contribution in [-0.2, 0) is 0 Å². The lowest BCUT2D eigenvalue weighted by atomic mass is 10.0. The highest BCUT2D eigenvalue weighted by Crippen LogP contribution is 2.41. The van der Waals surface area contributed by atoms with Crippen LogP contribution in [0.1, 0.15) is 36.8 Å². The van der Waals surface area contributed by atoms with E-state index in [4.69, 9.17) is 9.47 Å². The SMILES string of the molecule is Cc1nsc(N=Nc2c(O)c(C(=O)Oc3ccccc3)cc3cc(C(=O)Oc4ccccc4)ccc23)c1C=O. The second-order valence-corrected chi connectivity index (χ2v) is 9.02. The number of phenolic OH excluding ortho intramolecular Hbond substituents is 1. The fraction of sp³-hybridized carbons (Fsp3) is 0.0345. The van der Waals surface area contributed by atoms with Crippen LogP contribution in [0.4, 0.5) is 10.7 Å². The van der Waals surface area contributed by atoms with Crippen molar-refractivity contribution in [3.8, 4) is 17.2 Å². The van der Waals surface area contributed by atoms with Gasteiger partial charge in [0.05, 0.1) is 16.8 Å². The van der Waals surface area contributed by atoms with Crippen molar-refractivity contribution < 1.29 is 29.0 Å². The smallest absolute Gasteiger partial charge is 0.347 e. The van der Waals surface area contributed by atoms with E-state index in [1.807, 2.05) is 0 Å². The number of aryl methyl sites for hydroxylation is 1. The van der Waals surface area contributed by atoms with Gasteiger partial charge in [-0.25, -0.2) is 9.59 Å². The van der Waals surface area contributed by atoms with Crippen molar-refractivity contribution in [2.24, 2.45) is 10.2 Å². The number of carbonyl (C=O) groups is 3. The Morgan fingerprint density at radius 3 is 2.15 bits per heavy atom. The number of carbonyl (C=O) groups excluding carboxylic acids is 3. The van der Waals surface area contributed by atoms with E-state index in [0.717, 1.165) is 11.5 Å². The molecule has 0 aliphatic rings. The Balaban J connectivity index is 1.60. The van der Waals surface area contributed by atoms with Crippen molar-refractivity contribution in [1.82, 2.24) is 4.37 Å². The normalized spacial score (nSPS) is 11.0. The minimum atomic E-state index is -0.837. The van der Waals surface area contributed by atoms with Gasteiger partial charge in [-0.2, -0.15) is 4.37 Å². The van der Waals surface area contributed by atoms with Crippen molar-refractivity contribution >= 4 is 51.2 Å². The fourth-order valence-electron chi connectivity index (χ4n) is 3.73. The van der Waals surface area contributed by atoms with E-state index in [1.165, 1.54) is 18.2 Å². The van der Waals surface area contributed by atoms with Crippen LogP contribution in [0.3, 0.4) is 0 Å². The van der Waals surface area contributed by atoms with E-state index < -0.39 is 17.7 Å². The molecule has 9 nitrogen and oxygen atoms in total. The topological polar surface area (TPSA) is 128 Å². The van der Waals surface area contributed by atoms with Crippen molar-refractivity contribution in [3.05, 3.63) is 107 Å². The van der Waals surface area contributed by atoms with E-state index in [1.54, 1.807) is 73.7 Å². The van der Waals surface area contributed by atoms with E-state index in [9.17, 15) is 19.5 Å². The number of esters is 2. The van der Waals surface area contributed by atoms with Gasteiger partial charge in [-0.3, -0.25) is 4.79 Å². The Bertz CT molecular complexity index is 1730. The van der Waals surface area contributed by atoms with Crippen molar-refractivity contribution in [3.63, 3.8) is 0 Å². The number of nitrogens with zero attached hydrogens (tertiary/aromatic N) is 3. The maximum Gasteiger partial charge on any atom is 0.347 e. The van der Waals surface area contributed by atoms with Crippen molar-refractivity contribution in [1.29, 1.82) is 0 Å². The standard InChI is InChI=1S/C29H19N3O6S/c1-17-24(16-33)27(39-32-17)31-30-25-22-13-12-18(28(35)37-20-8-4-2-5-9-20)14-19(22)15-23(26(25)34)29(36)38-21-10-6-3-7-11-21/h2-16,34H,1H3. The predicted molar refractivity (Wildman–Crippen MR) is 145 cm³/mol. The number of benzene rings is 4. The molecule has 1 aromatic heterocycles. The molecule has 4 aromatic carbocycles. The number of ether oxygens (including phenoxy) is 2. The summed E-state index contributed by atoms with van der Waals surface area (Å²) in [7, 11) is 0. The largest absolute Gasteiger partial charge is 0.505 e. The Morgan fingerprint density at radius 1 is 0.872 bits per heavy atom. The second kappa shape index (κ2) is 11.0. The van der Waals surface area contributed by atoms with Gasteiger partial charge in [-0.05, 0) is 66.3 Å². The van der Waals surface area contributed by atoms with Gasteiger partial charge < -0.3 is 14.6 Å². The number of fused-ring (bicyclic) bond motifs is 1. The summed E-state index contributed by atoms with van der Waals surface area (Å²) in [5, 5.41) is 20.4. The molecule has 5 aromatic rings. The zero-order valence-electron chi connectivity index (χ0n) is 20.4. The lowest BCUT2D eigenvalue weighted by molar-refractivity contribution is 0.0724. The molecule has 0 atom stereocenters. The highest BCUT2D eigenvalue weighted by Gasteiger charge is 2.22. The van der Waals surface area contributed by atoms with Crippen LogP contribution in [-0.4, -0.2) is 27.7 Å². The molecule has 39 heavy (non-hydrogen) atoms. The highest BCUT2D eigenvalue weighted by molar-refractivity contribution is 7.10. The van der Waals surface area contributed by atoms with Crippen LogP contribution in [0.5, 0.6) is 17.2 Å². The molecule has 10 heteroatoms. The summed E-state index contributed by atoms with van der Waals surface area (Å²) in [6, 6.07) is 23.0. The van der Waals surface area contributed by atoms with Crippen LogP contribution in [0.2, 0.25) is 0 Å². The third-order valence-corrected chi connectivity index (χ3v) is 6.54. The van der Waals surface area contributed by atoms with Gasteiger partial charge in [0.15, 0.2) is 17.0 Å². The summed E-state index contributed by atoms with van der Waals surface area (Å²) in [5.74, 6) is -1.26. The summed E-state index contributed by atoms with van der Waals surface area (Å²) in [6.45, 7) is 1.67. The first-order chi connectivity index (χ1) is 18.9. The molecule has 0 spiro atoms. The van der Waals surface area contributed by atoms with Gasteiger partial charge in [-0.15, -0.1) is 10.2 Å². The van der Waals surface area contributed by atoms with Crippen molar-refractivity contribution in [2.45, 2.75) is 6.92 Å². The van der Waals surface area contributed by atoms with Gasteiger partial charge >= 0.3 is 11.9 Å². The first-order valence-corrected chi connectivity index (χ1v) is 12.4. The van der Waals surface area contributed by atoms with E-state index in [0.29, 0.717) is 28.5 Å². The lowest BCUT2D eigenvalue weighted by Gasteiger charge is -2.11. The van der Waals surface area contributed by atoms with E-state index in [-0.39, 0.29) is 33.1 Å². The minimum absolute atomic E-state index is 0.0432. The Kier molecular flexibility index (Phi) is 7.19. The monoisotopic (exact) mass is 537 g/mol. The maximum absolute atomic E-state index is 13.1. The van der Waals surface area contributed by atoms with Crippen LogP contribution in [0.25, 0.3) is 10.8 Å². The molecule has 0 amide bonds. The Hall–Kier alpha value is -5.22. The zero-order valence-corrected chi connectivity index (χ0v) is 21.2. The third-order valence-electron chi connectivity index (χ3n) is 5.70. The molecule has 5 rings (SSSR count). The summed E-state index contributed by atoms with van der Waals surface area (Å²) in [5.41, 5.74) is 0.755. The van der Waals surface area contributed by atoms with Gasteiger partial charge in [0, 0.05) is 5.39 Å². The van der Waals surface area contributed by atoms with Gasteiger partial charge in [-0.1, -0.05) is 42.5 Å². The summed E-state index contributed by atoms with van der Waals surface area (Å²) < 4.78 is 15.0. The van der Waals surface area contributed by atoms with Gasteiger partial charge in [0.2, 0.25) is 0 Å². The molecule has 0 saturated heterocycles. The average molecular weight is 538 g/mol. The molecule has 0 bridgehead atoms. The average Bonchev–Trinajstić information content (AvgIpc) is 3.32.